The number of hydrogen-bond acceptors (Lipinski definition) is 5. The molecule has 1 unspecified atom stereocenters. The molecule has 0 bridgehead atoms. The summed E-state index contributed by atoms with van der Waals surface area (Å²) in [7, 11) is 0. The summed E-state index contributed by atoms with van der Waals surface area (Å²) in [6, 6.07) is 1.90. The van der Waals surface area contributed by atoms with E-state index < -0.39 is 5.60 Å². The van der Waals surface area contributed by atoms with Crippen molar-refractivity contribution in [3.05, 3.63) is 18.5 Å². The second-order valence-electron chi connectivity index (χ2n) is 6.28. The Morgan fingerprint density at radius 1 is 1.38 bits per heavy atom. The van der Waals surface area contributed by atoms with Crippen LogP contribution in [0.2, 0.25) is 0 Å². The standard InChI is InChI=1S/C16H30N6O2/c1-3-17-15(18-6-8-22-7-4-5-20-22)19-13-16(2,23)14-21-9-11-24-12-10-21/h4-5,7,23H,3,6,8-14H2,1-2H3,(H2,17,18,19). The van der Waals surface area contributed by atoms with Crippen molar-refractivity contribution in [3.8, 4) is 0 Å². The molecule has 24 heavy (non-hydrogen) atoms. The van der Waals surface area contributed by atoms with Crippen LogP contribution < -0.4 is 10.6 Å². The molecule has 8 nitrogen and oxygen atoms in total. The minimum absolute atomic E-state index is 0.349. The second kappa shape index (κ2) is 9.61. The summed E-state index contributed by atoms with van der Waals surface area (Å²) in [5.74, 6) is 0.715. The number of β-amino-alcohol motifs (C(OH)–C–C–N with tert-alkyl or cyclic N) is 1. The minimum Gasteiger partial charge on any atom is -0.387 e. The van der Waals surface area contributed by atoms with Gasteiger partial charge in [-0.05, 0) is 19.9 Å². The number of nitrogens with one attached hydrogen (secondary N) is 2. The summed E-state index contributed by atoms with van der Waals surface area (Å²) >= 11 is 0. The molecule has 1 aliphatic rings. The van der Waals surface area contributed by atoms with Gasteiger partial charge in [0.2, 0.25) is 0 Å². The predicted octanol–water partition coefficient (Wildman–Crippen LogP) is -0.479. The molecule has 0 spiro atoms. The number of ether oxygens (including phenoxy) is 1. The van der Waals surface area contributed by atoms with Gasteiger partial charge in [-0.3, -0.25) is 14.6 Å². The van der Waals surface area contributed by atoms with Crippen LogP contribution >= 0.6 is 0 Å². The molecule has 0 aromatic carbocycles. The maximum atomic E-state index is 10.6. The van der Waals surface area contributed by atoms with Gasteiger partial charge in [0.05, 0.1) is 31.9 Å². The zero-order valence-electron chi connectivity index (χ0n) is 14.7. The van der Waals surface area contributed by atoms with Gasteiger partial charge in [-0.25, -0.2) is 0 Å². The first-order valence-corrected chi connectivity index (χ1v) is 8.61. The summed E-state index contributed by atoms with van der Waals surface area (Å²) in [4.78, 5) is 6.75. The van der Waals surface area contributed by atoms with Crippen LogP contribution in [0.5, 0.6) is 0 Å². The lowest BCUT2D eigenvalue weighted by molar-refractivity contribution is -0.0179. The maximum Gasteiger partial charge on any atom is 0.191 e. The molecule has 2 rings (SSSR count). The quantitative estimate of drug-likeness (QED) is 0.438. The molecule has 8 heteroatoms. The van der Waals surface area contributed by atoms with E-state index in [1.807, 2.05) is 30.8 Å². The third kappa shape index (κ3) is 6.86. The molecule has 1 fully saturated rings. The third-order valence-corrected chi connectivity index (χ3v) is 3.78. The van der Waals surface area contributed by atoms with E-state index in [9.17, 15) is 5.11 Å². The van der Waals surface area contributed by atoms with Crippen LogP contribution in [0.15, 0.2) is 23.5 Å². The van der Waals surface area contributed by atoms with Crippen LogP contribution in [-0.4, -0.2) is 83.8 Å². The second-order valence-corrected chi connectivity index (χ2v) is 6.28. The largest absolute Gasteiger partial charge is 0.387 e. The fourth-order valence-corrected chi connectivity index (χ4v) is 2.60. The van der Waals surface area contributed by atoms with Gasteiger partial charge >= 0.3 is 0 Å². The van der Waals surface area contributed by atoms with Crippen molar-refractivity contribution in [3.63, 3.8) is 0 Å². The van der Waals surface area contributed by atoms with Crippen molar-refractivity contribution < 1.29 is 9.84 Å². The number of hydrogen-bond donors (Lipinski definition) is 3. The van der Waals surface area contributed by atoms with E-state index >= 15 is 0 Å². The molecular weight excluding hydrogens is 308 g/mol. The smallest absolute Gasteiger partial charge is 0.191 e. The highest BCUT2D eigenvalue weighted by atomic mass is 16.5. The average molecular weight is 338 g/mol. The SMILES string of the molecule is CCNC(=NCC(C)(O)CN1CCOCC1)NCCn1cccn1. The van der Waals surface area contributed by atoms with Crippen LogP contribution in [0.4, 0.5) is 0 Å². The van der Waals surface area contributed by atoms with Gasteiger partial charge in [-0.1, -0.05) is 0 Å². The molecule has 1 atom stereocenters. The van der Waals surface area contributed by atoms with Crippen molar-refractivity contribution >= 4 is 5.96 Å². The molecule has 1 aromatic rings. The number of rotatable bonds is 8. The highest BCUT2D eigenvalue weighted by molar-refractivity contribution is 5.79. The number of nitrogens with zero attached hydrogens (tertiary/aromatic N) is 4. The molecular formula is C16H30N6O2. The Bertz CT molecular complexity index is 483. The normalized spacial score (nSPS) is 19.0. The lowest BCUT2D eigenvalue weighted by Gasteiger charge is -2.33. The Labute approximate surface area is 143 Å². The molecule has 1 saturated heterocycles. The molecule has 2 heterocycles. The molecule has 3 N–H and O–H groups in total. The van der Waals surface area contributed by atoms with E-state index in [0.29, 0.717) is 19.0 Å². The number of aromatic nitrogens is 2. The zero-order chi connectivity index (χ0) is 17.3. The summed E-state index contributed by atoms with van der Waals surface area (Å²) in [5, 5.41) is 21.2. The lowest BCUT2D eigenvalue weighted by atomic mass is 10.1. The Kier molecular flexibility index (Phi) is 7.48. The zero-order valence-corrected chi connectivity index (χ0v) is 14.7. The molecule has 136 valence electrons. The first-order valence-electron chi connectivity index (χ1n) is 8.61. The molecule has 1 aromatic heterocycles. The van der Waals surface area contributed by atoms with Crippen molar-refractivity contribution in [1.29, 1.82) is 0 Å². The van der Waals surface area contributed by atoms with Gasteiger partial charge in [0.25, 0.3) is 0 Å². The van der Waals surface area contributed by atoms with Gasteiger partial charge < -0.3 is 20.5 Å². The van der Waals surface area contributed by atoms with E-state index in [4.69, 9.17) is 4.74 Å². The Hall–Kier alpha value is -1.64. The Morgan fingerprint density at radius 2 is 2.17 bits per heavy atom. The van der Waals surface area contributed by atoms with E-state index in [1.165, 1.54) is 0 Å². The minimum atomic E-state index is -0.859. The lowest BCUT2D eigenvalue weighted by Crippen LogP contribution is -2.48. The number of morpholine rings is 1. The third-order valence-electron chi connectivity index (χ3n) is 3.78. The van der Waals surface area contributed by atoms with E-state index in [2.05, 4.69) is 25.6 Å². The van der Waals surface area contributed by atoms with Crippen LogP contribution in [-0.2, 0) is 11.3 Å². The first-order chi connectivity index (χ1) is 11.6. The summed E-state index contributed by atoms with van der Waals surface area (Å²) in [6.45, 7) is 10.3. The van der Waals surface area contributed by atoms with Gasteiger partial charge in [0.1, 0.15) is 0 Å². The number of guanidine groups is 1. The van der Waals surface area contributed by atoms with Crippen molar-refractivity contribution in [1.82, 2.24) is 25.3 Å². The molecule has 0 amide bonds. The van der Waals surface area contributed by atoms with Crippen LogP contribution in [0.25, 0.3) is 0 Å². The van der Waals surface area contributed by atoms with Crippen molar-refractivity contribution in [2.45, 2.75) is 26.0 Å². The van der Waals surface area contributed by atoms with Gasteiger partial charge in [0, 0.05) is 45.1 Å². The Balaban J connectivity index is 1.79. The fourth-order valence-electron chi connectivity index (χ4n) is 2.60. The van der Waals surface area contributed by atoms with Crippen molar-refractivity contribution in [2.75, 3.05) is 52.5 Å². The number of aliphatic imine (C=N–C) groups is 1. The molecule has 0 aliphatic carbocycles. The maximum absolute atomic E-state index is 10.6. The van der Waals surface area contributed by atoms with Crippen LogP contribution in [0.3, 0.4) is 0 Å². The summed E-state index contributed by atoms with van der Waals surface area (Å²) < 4.78 is 7.21. The van der Waals surface area contributed by atoms with Crippen molar-refractivity contribution in [2.24, 2.45) is 4.99 Å². The van der Waals surface area contributed by atoms with Gasteiger partial charge in [0.15, 0.2) is 5.96 Å². The van der Waals surface area contributed by atoms with Gasteiger partial charge in [-0.2, -0.15) is 5.10 Å². The van der Waals surface area contributed by atoms with Gasteiger partial charge in [-0.15, -0.1) is 0 Å². The highest BCUT2D eigenvalue weighted by Gasteiger charge is 2.25. The first kappa shape index (κ1) is 18.7. The summed E-state index contributed by atoms with van der Waals surface area (Å²) in [6.07, 6.45) is 3.70. The van der Waals surface area contributed by atoms with E-state index in [0.717, 1.165) is 45.9 Å². The predicted molar refractivity (Wildman–Crippen MR) is 94.1 cm³/mol. The van der Waals surface area contributed by atoms with E-state index in [1.54, 1.807) is 6.20 Å². The molecule has 0 saturated carbocycles. The average Bonchev–Trinajstić information content (AvgIpc) is 3.06. The monoisotopic (exact) mass is 338 g/mol. The van der Waals surface area contributed by atoms with Crippen LogP contribution in [0, 0.1) is 0 Å². The fraction of sp³-hybridized carbons (Fsp3) is 0.750. The summed E-state index contributed by atoms with van der Waals surface area (Å²) in [5.41, 5.74) is -0.859. The molecule has 0 radical (unpaired) electrons. The molecule has 1 aliphatic heterocycles. The number of aliphatic hydroxyl groups is 1. The van der Waals surface area contributed by atoms with Crippen LogP contribution in [0.1, 0.15) is 13.8 Å². The Morgan fingerprint density at radius 3 is 2.83 bits per heavy atom. The van der Waals surface area contributed by atoms with E-state index in [-0.39, 0.29) is 0 Å². The highest BCUT2D eigenvalue weighted by Crippen LogP contribution is 2.09. The topological polar surface area (TPSA) is 86.9 Å².